The Morgan fingerprint density at radius 2 is 1.94 bits per heavy atom. The molecular weight excluding hydrogens is 613 g/mol. The number of carbonyl (C=O) groups is 1. The molecule has 13 heteroatoms. The molecule has 0 radical (unpaired) electrons. The number of alkyl halides is 1. The predicted molar refractivity (Wildman–Crippen MR) is 169 cm³/mol. The lowest BCUT2D eigenvalue weighted by molar-refractivity contribution is -0.122. The summed E-state index contributed by atoms with van der Waals surface area (Å²) < 4.78 is 52.2. The highest BCUT2D eigenvalue weighted by Crippen LogP contribution is 2.42. The van der Waals surface area contributed by atoms with E-state index in [4.69, 9.17) is 26.0 Å². The fourth-order valence-electron chi connectivity index (χ4n) is 7.89. The number of aromatic hydroxyl groups is 1. The molecule has 47 heavy (non-hydrogen) atoms. The van der Waals surface area contributed by atoms with Gasteiger partial charge in [0.2, 0.25) is 0 Å². The molecule has 4 aliphatic rings. The summed E-state index contributed by atoms with van der Waals surface area (Å²) >= 11 is 0. The summed E-state index contributed by atoms with van der Waals surface area (Å²) in [7, 11) is 0. The van der Waals surface area contributed by atoms with E-state index in [0.717, 1.165) is 32.2 Å². The van der Waals surface area contributed by atoms with E-state index in [-0.39, 0.29) is 52.6 Å². The average molecular weight is 647 g/mol. The van der Waals surface area contributed by atoms with Crippen molar-refractivity contribution in [3.05, 3.63) is 47.7 Å². The van der Waals surface area contributed by atoms with Crippen LogP contribution in [0.2, 0.25) is 0 Å². The molecule has 3 N–H and O–H groups in total. The zero-order valence-corrected chi connectivity index (χ0v) is 25.4. The minimum Gasteiger partial charge on any atom is -0.508 e. The van der Waals surface area contributed by atoms with Gasteiger partial charge in [0.1, 0.15) is 41.4 Å². The number of carboxylic acid groups (broad SMARTS) is 1. The first-order chi connectivity index (χ1) is 22.7. The van der Waals surface area contributed by atoms with Gasteiger partial charge in [0.15, 0.2) is 5.82 Å². The van der Waals surface area contributed by atoms with Crippen LogP contribution in [-0.2, 0) is 4.79 Å². The number of pyridine rings is 1. The Balaban J connectivity index is 0.00000113. The Bertz CT molecular complexity index is 1910. The summed E-state index contributed by atoms with van der Waals surface area (Å²) in [6.07, 6.45) is 10.5. The van der Waals surface area contributed by atoms with Crippen LogP contribution in [0.25, 0.3) is 32.9 Å². The topological polar surface area (TPSA) is 124 Å². The largest absolute Gasteiger partial charge is 0.508 e. The molecule has 4 fully saturated rings. The number of anilines is 1. The molecule has 0 aliphatic carbocycles. The van der Waals surface area contributed by atoms with Gasteiger partial charge in [0.25, 0.3) is 6.47 Å². The third-order valence-electron chi connectivity index (χ3n) is 9.84. The van der Waals surface area contributed by atoms with Gasteiger partial charge in [-0.15, -0.1) is 6.42 Å². The van der Waals surface area contributed by atoms with E-state index >= 15 is 4.39 Å². The Labute approximate surface area is 268 Å². The number of nitrogens with zero attached hydrogens (tertiary/aromatic N) is 5. The van der Waals surface area contributed by atoms with Crippen molar-refractivity contribution in [2.45, 2.75) is 55.9 Å². The number of hydrogen-bond donors (Lipinski definition) is 3. The zero-order chi connectivity index (χ0) is 32.9. The molecule has 6 heterocycles. The normalized spacial score (nSPS) is 25.0. The molecule has 244 valence electrons. The van der Waals surface area contributed by atoms with Gasteiger partial charge in [0, 0.05) is 55.3 Å². The molecular formula is C34H33F3N6O4. The van der Waals surface area contributed by atoms with Gasteiger partial charge < -0.3 is 25.2 Å². The van der Waals surface area contributed by atoms with Crippen LogP contribution in [0.1, 0.15) is 37.7 Å². The van der Waals surface area contributed by atoms with Crippen molar-refractivity contribution in [3.63, 3.8) is 0 Å². The monoisotopic (exact) mass is 646 g/mol. The van der Waals surface area contributed by atoms with Crippen molar-refractivity contribution in [3.8, 4) is 35.4 Å². The van der Waals surface area contributed by atoms with Crippen molar-refractivity contribution >= 4 is 34.0 Å². The Morgan fingerprint density at radius 1 is 1.17 bits per heavy atom. The SMILES string of the molecule is C#Cc1c(F)ccc2cc(O)cc(-c3ncc4c(N5CC6CCC(C5)N6)nc(OC[C@@]56CCCN5C[C@H](F)C6)nc4c3F)c12.O=CO. The number of piperazine rings is 1. The van der Waals surface area contributed by atoms with E-state index in [1.807, 2.05) is 0 Å². The van der Waals surface area contributed by atoms with Crippen LogP contribution in [-0.4, -0.2) is 93.1 Å². The van der Waals surface area contributed by atoms with Crippen LogP contribution in [0.4, 0.5) is 19.0 Å². The van der Waals surface area contributed by atoms with E-state index in [0.29, 0.717) is 54.7 Å². The number of rotatable bonds is 5. The molecule has 10 nitrogen and oxygen atoms in total. The lowest BCUT2D eigenvalue weighted by Crippen LogP contribution is -2.51. The molecule has 8 rings (SSSR count). The van der Waals surface area contributed by atoms with Crippen LogP contribution >= 0.6 is 0 Å². The Morgan fingerprint density at radius 3 is 2.68 bits per heavy atom. The molecule has 2 unspecified atom stereocenters. The van der Waals surface area contributed by atoms with Crippen molar-refractivity contribution in [2.75, 3.05) is 37.7 Å². The maximum absolute atomic E-state index is 16.7. The second-order valence-corrected chi connectivity index (χ2v) is 12.7. The lowest BCUT2D eigenvalue weighted by atomic mass is 9.95. The Hall–Kier alpha value is -4.67. The third kappa shape index (κ3) is 5.45. The van der Waals surface area contributed by atoms with Gasteiger partial charge in [-0.3, -0.25) is 14.7 Å². The van der Waals surface area contributed by atoms with Gasteiger partial charge >= 0.3 is 6.01 Å². The summed E-state index contributed by atoms with van der Waals surface area (Å²) in [6, 6.07) is 6.07. The molecule has 2 bridgehead atoms. The highest BCUT2D eigenvalue weighted by Gasteiger charge is 2.49. The molecule has 4 atom stereocenters. The van der Waals surface area contributed by atoms with E-state index in [2.05, 4.69) is 31.0 Å². The number of phenolic OH excluding ortho intramolecular Hbond substituents is 1. The Kier molecular flexibility index (Phi) is 8.01. The minimum atomic E-state index is -0.913. The summed E-state index contributed by atoms with van der Waals surface area (Å²) in [4.78, 5) is 26.4. The fraction of sp³-hybridized carbons (Fsp3) is 0.412. The van der Waals surface area contributed by atoms with Crippen LogP contribution in [0.3, 0.4) is 0 Å². The molecule has 0 amide bonds. The highest BCUT2D eigenvalue weighted by molar-refractivity contribution is 6.03. The first-order valence-electron chi connectivity index (χ1n) is 15.6. The van der Waals surface area contributed by atoms with Crippen molar-refractivity contribution < 1.29 is 32.9 Å². The first-order valence-corrected chi connectivity index (χ1v) is 15.6. The van der Waals surface area contributed by atoms with Crippen molar-refractivity contribution in [1.29, 1.82) is 0 Å². The van der Waals surface area contributed by atoms with E-state index < -0.39 is 23.3 Å². The molecule has 2 aromatic carbocycles. The molecule has 4 aromatic rings. The van der Waals surface area contributed by atoms with Crippen LogP contribution < -0.4 is 15.0 Å². The second-order valence-electron chi connectivity index (χ2n) is 12.7. The van der Waals surface area contributed by atoms with Gasteiger partial charge in [0.05, 0.1) is 16.5 Å². The smallest absolute Gasteiger partial charge is 0.319 e. The highest BCUT2D eigenvalue weighted by atomic mass is 19.1. The van der Waals surface area contributed by atoms with Gasteiger partial charge in [-0.25, -0.2) is 13.2 Å². The van der Waals surface area contributed by atoms with Gasteiger partial charge in [-0.05, 0) is 55.8 Å². The van der Waals surface area contributed by atoms with Crippen LogP contribution in [0.5, 0.6) is 11.8 Å². The third-order valence-corrected chi connectivity index (χ3v) is 9.84. The quantitative estimate of drug-likeness (QED) is 0.212. The standard InChI is InChI=1S/C33H31F3N6O2.CH2O2/c1-2-23-26(35)7-4-18-10-22(43)11-24(27(18)23)29-28(36)30-25(13-37-29)31(41-15-20-5-6-21(16-41)38-20)40-32(39-30)44-17-33-8-3-9-42(33)14-19(34)12-33;2-1-3/h1,4,7,10-11,13,19-21,38,43H,3,5-6,8-9,12,14-17H2;1H,(H,2,3)/t19-,20?,21?,33+;/m1./s1. The van der Waals surface area contributed by atoms with E-state index in [1.165, 1.54) is 30.5 Å². The number of nitrogens with one attached hydrogen (secondary N) is 1. The summed E-state index contributed by atoms with van der Waals surface area (Å²) in [5, 5.41) is 22.1. The van der Waals surface area contributed by atoms with E-state index in [1.54, 1.807) is 0 Å². The van der Waals surface area contributed by atoms with E-state index in [9.17, 15) is 13.9 Å². The number of ether oxygens (including phenoxy) is 1. The number of terminal acetylenes is 1. The number of phenols is 1. The average Bonchev–Trinajstić information content (AvgIpc) is 3.70. The number of hydrogen-bond acceptors (Lipinski definition) is 9. The summed E-state index contributed by atoms with van der Waals surface area (Å²) in [5.41, 5.74) is -0.468. The number of aromatic nitrogens is 3. The molecule has 0 saturated carbocycles. The number of benzene rings is 2. The molecule has 0 spiro atoms. The van der Waals surface area contributed by atoms with Crippen LogP contribution in [0, 0.1) is 24.0 Å². The number of halogens is 3. The van der Waals surface area contributed by atoms with Gasteiger partial charge in [-0.1, -0.05) is 12.0 Å². The maximum atomic E-state index is 16.7. The van der Waals surface area contributed by atoms with Crippen LogP contribution in [0.15, 0.2) is 30.5 Å². The number of fused-ring (bicyclic) bond motifs is 5. The molecule has 4 aliphatic heterocycles. The predicted octanol–water partition coefficient (Wildman–Crippen LogP) is 4.41. The van der Waals surface area contributed by atoms with Crippen molar-refractivity contribution in [2.24, 2.45) is 0 Å². The zero-order valence-electron chi connectivity index (χ0n) is 25.4. The first kappa shape index (κ1) is 31.0. The summed E-state index contributed by atoms with van der Waals surface area (Å²) in [6.45, 7) is 2.54. The maximum Gasteiger partial charge on any atom is 0.319 e. The fourth-order valence-corrected chi connectivity index (χ4v) is 7.89. The molecule has 2 aromatic heterocycles. The minimum absolute atomic E-state index is 0.00778. The summed E-state index contributed by atoms with van der Waals surface area (Å²) in [5.74, 6) is 1.35. The molecule has 4 saturated heterocycles. The van der Waals surface area contributed by atoms with Gasteiger partial charge in [-0.2, -0.15) is 9.97 Å². The second kappa shape index (κ2) is 12.2. The lowest BCUT2D eigenvalue weighted by Gasteiger charge is -2.34. The van der Waals surface area contributed by atoms with Crippen molar-refractivity contribution in [1.82, 2.24) is 25.2 Å².